The summed E-state index contributed by atoms with van der Waals surface area (Å²) in [5.41, 5.74) is 6.55. The molecule has 0 nitrogen and oxygen atoms in total. The van der Waals surface area contributed by atoms with E-state index in [1.165, 1.54) is 326 Å². The summed E-state index contributed by atoms with van der Waals surface area (Å²) in [6.07, 6.45) is 61.1. The Kier molecular flexibility index (Phi) is 30.6. The molecule has 0 aromatic heterocycles. The first-order chi connectivity index (χ1) is 34.7. The van der Waals surface area contributed by atoms with Crippen molar-refractivity contribution in [1.82, 2.24) is 0 Å². The van der Waals surface area contributed by atoms with Crippen LogP contribution in [0, 0.1) is 0 Å². The molecule has 70 heavy (non-hydrogen) atoms. The van der Waals surface area contributed by atoms with E-state index in [4.69, 9.17) is 0 Å². The highest BCUT2D eigenvalue weighted by atomic mass is 14.2. The Hall–Kier alpha value is -2.86. The molecular weight excluding hydrogens is 841 g/mol. The second kappa shape index (κ2) is 37.0. The van der Waals surface area contributed by atoms with Gasteiger partial charge in [0.2, 0.25) is 0 Å². The molecule has 0 atom stereocenters. The fourth-order valence-corrected chi connectivity index (χ4v) is 12.1. The molecule has 0 bridgehead atoms. The third-order valence-electron chi connectivity index (χ3n) is 16.7. The quantitative estimate of drug-likeness (QED) is 0.0270. The average Bonchev–Trinajstić information content (AvgIpc) is 3.38. The van der Waals surface area contributed by atoms with Gasteiger partial charge in [-0.3, -0.25) is 0 Å². The first-order valence-electron chi connectivity index (χ1n) is 31.5. The molecule has 0 N–H and O–H groups in total. The van der Waals surface area contributed by atoms with Crippen LogP contribution in [0.2, 0.25) is 0 Å². The van der Waals surface area contributed by atoms with Crippen molar-refractivity contribution in [1.29, 1.82) is 0 Å². The van der Waals surface area contributed by atoms with Gasteiger partial charge in [-0.15, -0.1) is 0 Å². The molecule has 0 amide bonds. The Labute approximate surface area is 434 Å². The molecular formula is C70H110. The molecule has 0 aliphatic heterocycles. The topological polar surface area (TPSA) is 0 Å². The van der Waals surface area contributed by atoms with Gasteiger partial charge in [0.25, 0.3) is 0 Å². The Balaban J connectivity index is 1.31. The zero-order chi connectivity index (χ0) is 49.1. The van der Waals surface area contributed by atoms with Crippen molar-refractivity contribution in [3.63, 3.8) is 0 Å². The van der Waals surface area contributed by atoms with E-state index in [2.05, 4.69) is 88.4 Å². The number of hydrogen-bond donors (Lipinski definition) is 0. The van der Waals surface area contributed by atoms with Gasteiger partial charge < -0.3 is 0 Å². The third-order valence-corrected chi connectivity index (χ3v) is 16.7. The summed E-state index contributed by atoms with van der Waals surface area (Å²) < 4.78 is 0. The van der Waals surface area contributed by atoms with E-state index in [0.717, 1.165) is 0 Å². The lowest BCUT2D eigenvalue weighted by atomic mass is 9.88. The summed E-state index contributed by atoms with van der Waals surface area (Å²) >= 11 is 0. The summed E-state index contributed by atoms with van der Waals surface area (Å²) in [5, 5.41) is 11.6. The van der Waals surface area contributed by atoms with E-state index >= 15 is 0 Å². The van der Waals surface area contributed by atoms with Gasteiger partial charge in [0.05, 0.1) is 0 Å². The number of unbranched alkanes of at least 4 members (excludes halogenated alkanes) is 36. The van der Waals surface area contributed by atoms with Crippen LogP contribution in [0.4, 0.5) is 0 Å². The van der Waals surface area contributed by atoms with Crippen LogP contribution in [0.3, 0.4) is 0 Å². The minimum Gasteiger partial charge on any atom is -0.0654 e. The van der Waals surface area contributed by atoms with Crippen molar-refractivity contribution in [2.24, 2.45) is 0 Å². The van der Waals surface area contributed by atoms with Crippen LogP contribution in [-0.2, 0) is 25.7 Å². The van der Waals surface area contributed by atoms with E-state index in [1.807, 2.05) is 0 Å². The van der Waals surface area contributed by atoms with Crippen LogP contribution in [0.25, 0.3) is 43.1 Å². The van der Waals surface area contributed by atoms with Crippen LogP contribution in [0.5, 0.6) is 0 Å². The van der Waals surface area contributed by atoms with Crippen LogP contribution in [-0.4, -0.2) is 0 Å². The molecule has 0 heterocycles. The lowest BCUT2D eigenvalue weighted by Crippen LogP contribution is -1.98. The molecule has 0 radical (unpaired) electrons. The van der Waals surface area contributed by atoms with E-state index in [-0.39, 0.29) is 0 Å². The number of aryl methyl sites for hydroxylation is 4. The summed E-state index contributed by atoms with van der Waals surface area (Å²) in [5.74, 6) is 0. The maximum Gasteiger partial charge on any atom is -0.00987 e. The van der Waals surface area contributed by atoms with Gasteiger partial charge in [-0.25, -0.2) is 0 Å². The number of benzene rings is 5. The van der Waals surface area contributed by atoms with Crippen molar-refractivity contribution < 1.29 is 0 Å². The second-order valence-corrected chi connectivity index (χ2v) is 22.8. The lowest BCUT2D eigenvalue weighted by Gasteiger charge is -2.16. The van der Waals surface area contributed by atoms with E-state index in [1.54, 1.807) is 22.3 Å². The molecule has 390 valence electrons. The molecule has 5 aromatic rings. The van der Waals surface area contributed by atoms with Gasteiger partial charge in [-0.05, 0) is 117 Å². The third kappa shape index (κ3) is 21.3. The van der Waals surface area contributed by atoms with Crippen LogP contribution in [0.1, 0.15) is 307 Å². The fourth-order valence-electron chi connectivity index (χ4n) is 12.1. The predicted octanol–water partition coefficient (Wildman–Crippen LogP) is 24.2. The van der Waals surface area contributed by atoms with Crippen molar-refractivity contribution >= 4 is 43.1 Å². The monoisotopic (exact) mass is 951 g/mol. The van der Waals surface area contributed by atoms with E-state index in [9.17, 15) is 0 Å². The minimum absolute atomic E-state index is 1.23. The van der Waals surface area contributed by atoms with Crippen LogP contribution < -0.4 is 0 Å². The maximum absolute atomic E-state index is 2.66. The highest BCUT2D eigenvalue weighted by Crippen LogP contribution is 2.38. The normalized spacial score (nSPS) is 11.9. The van der Waals surface area contributed by atoms with Gasteiger partial charge in [0, 0.05) is 0 Å². The molecule has 5 rings (SSSR count). The lowest BCUT2D eigenvalue weighted by molar-refractivity contribution is 0.553. The molecule has 5 aromatic carbocycles. The van der Waals surface area contributed by atoms with Crippen molar-refractivity contribution in [2.45, 2.75) is 310 Å². The van der Waals surface area contributed by atoms with Crippen LogP contribution in [0.15, 0.2) is 60.7 Å². The van der Waals surface area contributed by atoms with E-state index < -0.39 is 0 Å². The summed E-state index contributed by atoms with van der Waals surface area (Å²) in [6, 6.07) is 25.5. The molecule has 0 fully saturated rings. The Morgan fingerprint density at radius 3 is 0.614 bits per heavy atom. The molecule has 0 aliphatic rings. The largest absolute Gasteiger partial charge is 0.0654 e. The van der Waals surface area contributed by atoms with Gasteiger partial charge in [-0.2, -0.15) is 0 Å². The zero-order valence-electron chi connectivity index (χ0n) is 46.9. The van der Waals surface area contributed by atoms with Gasteiger partial charge in [0.1, 0.15) is 0 Å². The average molecular weight is 952 g/mol. The molecule has 0 unspecified atom stereocenters. The second-order valence-electron chi connectivity index (χ2n) is 22.8. The molecule has 0 aliphatic carbocycles. The minimum atomic E-state index is 1.23. The number of fused-ring (bicyclic) bond motifs is 7. The van der Waals surface area contributed by atoms with Crippen LogP contribution >= 0.6 is 0 Å². The molecule has 0 saturated heterocycles. The number of hydrogen-bond acceptors (Lipinski definition) is 0. The summed E-state index contributed by atoms with van der Waals surface area (Å²) in [7, 11) is 0. The predicted molar refractivity (Wildman–Crippen MR) is 319 cm³/mol. The van der Waals surface area contributed by atoms with Gasteiger partial charge in [0.15, 0.2) is 0 Å². The Morgan fingerprint density at radius 1 is 0.186 bits per heavy atom. The molecule has 0 heteroatoms. The van der Waals surface area contributed by atoms with Crippen molar-refractivity contribution in [2.75, 3.05) is 0 Å². The summed E-state index contributed by atoms with van der Waals surface area (Å²) in [6.45, 7) is 9.30. The summed E-state index contributed by atoms with van der Waals surface area (Å²) in [4.78, 5) is 0. The molecule has 0 spiro atoms. The fraction of sp³-hybridized carbons (Fsp3) is 0.686. The maximum atomic E-state index is 2.66. The first-order valence-corrected chi connectivity index (χ1v) is 31.5. The highest BCUT2D eigenvalue weighted by molar-refractivity contribution is 6.22. The molecule has 0 saturated carbocycles. The highest BCUT2D eigenvalue weighted by Gasteiger charge is 2.14. The zero-order valence-corrected chi connectivity index (χ0v) is 46.9. The Bertz CT molecular complexity index is 1950. The smallest absolute Gasteiger partial charge is 0.00987 e. The van der Waals surface area contributed by atoms with Gasteiger partial charge in [-0.1, -0.05) is 320 Å². The Morgan fingerprint density at radius 2 is 0.371 bits per heavy atom. The van der Waals surface area contributed by atoms with Crippen molar-refractivity contribution in [3.8, 4) is 0 Å². The number of rotatable bonds is 44. The first kappa shape index (κ1) is 58.0. The standard InChI is InChI=1S/C70H110/c1-5-9-13-17-21-25-29-33-37-41-45-59-55-63-49-51-65-66-52-50-64-56-60(46-42-38-34-30-26-22-18-14-10-6-2)62(48-44-40-36-32-28-24-20-16-12-8-4)58-70(64)68(66)54-53-67(65)69(63)57-61(59)47-43-39-35-31-27-23-19-15-11-7-3/h49-58H,5-48H2,1-4H3. The van der Waals surface area contributed by atoms with E-state index in [0.29, 0.717) is 0 Å². The SMILES string of the molecule is CCCCCCCCCCCCc1cc2ccc3c(ccc4c5cc(CCCCCCCCCCCC)c(CCCCCCCCCCCC)cc5ccc43)c2cc1CCCCCCCCCCCC. The van der Waals surface area contributed by atoms with Crippen molar-refractivity contribution in [3.05, 3.63) is 82.9 Å². The van der Waals surface area contributed by atoms with Gasteiger partial charge >= 0.3 is 0 Å².